The number of aryl methyl sites for hydroxylation is 2. The summed E-state index contributed by atoms with van der Waals surface area (Å²) < 4.78 is 0. The first-order valence-electron chi connectivity index (χ1n) is 8.01. The zero-order valence-corrected chi connectivity index (χ0v) is 13.3. The molecule has 0 aliphatic carbocycles. The van der Waals surface area contributed by atoms with E-state index in [0.717, 1.165) is 25.9 Å². The topological polar surface area (TPSA) is 35.5 Å². The second-order valence-corrected chi connectivity index (χ2v) is 6.22. The third-order valence-electron chi connectivity index (χ3n) is 4.35. The van der Waals surface area contributed by atoms with Crippen LogP contribution in [-0.4, -0.2) is 25.2 Å². The molecule has 1 unspecified atom stereocenters. The van der Waals surface area contributed by atoms with Crippen LogP contribution in [0.5, 0.6) is 5.75 Å². The van der Waals surface area contributed by atoms with Crippen molar-refractivity contribution in [3.05, 3.63) is 53.6 Å². The van der Waals surface area contributed by atoms with Gasteiger partial charge in [-0.3, -0.25) is 0 Å². The van der Waals surface area contributed by atoms with Gasteiger partial charge in [-0.05, 0) is 67.7 Å². The second kappa shape index (κ2) is 6.41. The quantitative estimate of drug-likeness (QED) is 0.906. The highest BCUT2D eigenvalue weighted by atomic mass is 16.3. The molecule has 0 saturated carbocycles. The van der Waals surface area contributed by atoms with Gasteiger partial charge in [0.15, 0.2) is 0 Å². The normalized spacial score (nSPS) is 14.9. The first-order valence-corrected chi connectivity index (χ1v) is 8.01. The van der Waals surface area contributed by atoms with Crippen molar-refractivity contribution in [2.45, 2.75) is 19.8 Å². The Kier molecular flexibility index (Phi) is 4.34. The Labute approximate surface area is 132 Å². The molecular weight excluding hydrogens is 272 g/mol. The molecule has 1 aliphatic heterocycles. The number of para-hydroxylation sites is 1. The fourth-order valence-electron chi connectivity index (χ4n) is 3.34. The molecule has 0 fully saturated rings. The smallest absolute Gasteiger partial charge is 0.116 e. The van der Waals surface area contributed by atoms with Crippen LogP contribution >= 0.6 is 0 Å². The summed E-state index contributed by atoms with van der Waals surface area (Å²) in [4.78, 5) is 2.42. The number of fused-ring (bicyclic) bond motifs is 2. The van der Waals surface area contributed by atoms with Crippen molar-refractivity contribution < 1.29 is 5.11 Å². The van der Waals surface area contributed by atoms with E-state index in [9.17, 15) is 5.11 Å². The van der Waals surface area contributed by atoms with Gasteiger partial charge in [0.25, 0.3) is 0 Å². The molecule has 3 rings (SSSR count). The SMILES string of the molecule is CNCC(C)CN1c2ccccc2CCc2cc(O)ccc21. The number of nitrogens with one attached hydrogen (secondary N) is 1. The Bertz CT molecular complexity index is 654. The molecule has 22 heavy (non-hydrogen) atoms. The van der Waals surface area contributed by atoms with E-state index in [1.165, 1.54) is 22.5 Å². The largest absolute Gasteiger partial charge is 0.508 e. The average molecular weight is 296 g/mol. The molecule has 2 aromatic carbocycles. The zero-order chi connectivity index (χ0) is 15.5. The fourth-order valence-corrected chi connectivity index (χ4v) is 3.34. The minimum Gasteiger partial charge on any atom is -0.508 e. The summed E-state index contributed by atoms with van der Waals surface area (Å²) in [6.45, 7) is 4.23. The summed E-state index contributed by atoms with van der Waals surface area (Å²) in [7, 11) is 2.00. The summed E-state index contributed by atoms with van der Waals surface area (Å²) >= 11 is 0. The van der Waals surface area contributed by atoms with E-state index in [0.29, 0.717) is 11.7 Å². The molecule has 0 spiro atoms. The lowest BCUT2D eigenvalue weighted by atomic mass is 10.0. The van der Waals surface area contributed by atoms with Crippen LogP contribution in [0.1, 0.15) is 18.1 Å². The third-order valence-corrected chi connectivity index (χ3v) is 4.35. The number of hydrogen-bond donors (Lipinski definition) is 2. The zero-order valence-electron chi connectivity index (χ0n) is 13.3. The third kappa shape index (κ3) is 2.95. The maximum absolute atomic E-state index is 9.82. The maximum Gasteiger partial charge on any atom is 0.116 e. The molecule has 0 bridgehead atoms. The van der Waals surface area contributed by atoms with Gasteiger partial charge in [-0.15, -0.1) is 0 Å². The lowest BCUT2D eigenvalue weighted by molar-refractivity contribution is 0.474. The Morgan fingerprint density at radius 1 is 1.09 bits per heavy atom. The number of rotatable bonds is 4. The van der Waals surface area contributed by atoms with Gasteiger partial charge in [0.05, 0.1) is 0 Å². The number of anilines is 2. The van der Waals surface area contributed by atoms with Gasteiger partial charge < -0.3 is 15.3 Å². The van der Waals surface area contributed by atoms with Gasteiger partial charge in [-0.1, -0.05) is 25.1 Å². The van der Waals surface area contributed by atoms with Gasteiger partial charge in [-0.25, -0.2) is 0 Å². The van der Waals surface area contributed by atoms with Crippen molar-refractivity contribution in [1.29, 1.82) is 0 Å². The molecule has 1 aliphatic rings. The van der Waals surface area contributed by atoms with E-state index in [4.69, 9.17) is 0 Å². The molecule has 0 amide bonds. The second-order valence-electron chi connectivity index (χ2n) is 6.22. The summed E-state index contributed by atoms with van der Waals surface area (Å²) in [5.41, 5.74) is 5.14. The van der Waals surface area contributed by atoms with Crippen LogP contribution < -0.4 is 10.2 Å². The van der Waals surface area contributed by atoms with Crippen LogP contribution in [0.25, 0.3) is 0 Å². The predicted molar refractivity (Wildman–Crippen MR) is 92.1 cm³/mol. The molecular formula is C19H24N2O. The van der Waals surface area contributed by atoms with Crippen molar-refractivity contribution in [1.82, 2.24) is 5.32 Å². The standard InChI is InChI=1S/C19H24N2O/c1-14(12-20-2)13-21-18-6-4-3-5-15(18)7-8-16-11-17(22)9-10-19(16)21/h3-6,9-11,14,20,22H,7-8,12-13H2,1-2H3. The summed E-state index contributed by atoms with van der Waals surface area (Å²) in [6, 6.07) is 14.4. The fraction of sp³-hybridized carbons (Fsp3) is 0.368. The van der Waals surface area contributed by atoms with E-state index in [1.807, 2.05) is 13.1 Å². The van der Waals surface area contributed by atoms with E-state index < -0.39 is 0 Å². The van der Waals surface area contributed by atoms with Gasteiger partial charge >= 0.3 is 0 Å². The first-order chi connectivity index (χ1) is 10.7. The van der Waals surface area contributed by atoms with E-state index in [-0.39, 0.29) is 0 Å². The van der Waals surface area contributed by atoms with Crippen LogP contribution in [0, 0.1) is 5.92 Å². The van der Waals surface area contributed by atoms with Gasteiger partial charge in [0, 0.05) is 17.9 Å². The van der Waals surface area contributed by atoms with Gasteiger partial charge in [-0.2, -0.15) is 0 Å². The average Bonchev–Trinajstić information content (AvgIpc) is 2.65. The molecule has 0 radical (unpaired) electrons. The Morgan fingerprint density at radius 3 is 2.64 bits per heavy atom. The summed E-state index contributed by atoms with van der Waals surface area (Å²) in [5.74, 6) is 0.894. The molecule has 0 saturated heterocycles. The lowest BCUT2D eigenvalue weighted by Crippen LogP contribution is -2.29. The lowest BCUT2D eigenvalue weighted by Gasteiger charge is -2.29. The van der Waals surface area contributed by atoms with Crippen LogP contribution in [0.2, 0.25) is 0 Å². The van der Waals surface area contributed by atoms with Crippen molar-refractivity contribution in [2.24, 2.45) is 5.92 Å². The maximum atomic E-state index is 9.82. The Hall–Kier alpha value is -2.00. The van der Waals surface area contributed by atoms with Crippen molar-refractivity contribution in [2.75, 3.05) is 25.0 Å². The van der Waals surface area contributed by atoms with Crippen LogP contribution in [-0.2, 0) is 12.8 Å². The number of phenolic OH excluding ortho intramolecular Hbond substituents is 1. The van der Waals surface area contributed by atoms with Gasteiger partial charge in [0.2, 0.25) is 0 Å². The molecule has 116 valence electrons. The highest BCUT2D eigenvalue weighted by Gasteiger charge is 2.22. The minimum absolute atomic E-state index is 0.355. The molecule has 0 aromatic heterocycles. The summed E-state index contributed by atoms with van der Waals surface area (Å²) in [5, 5.41) is 13.1. The molecule has 2 N–H and O–H groups in total. The minimum atomic E-state index is 0.355. The number of nitrogens with zero attached hydrogens (tertiary/aromatic N) is 1. The Balaban J connectivity index is 2.04. The van der Waals surface area contributed by atoms with Crippen molar-refractivity contribution >= 4 is 11.4 Å². The number of benzene rings is 2. The Morgan fingerprint density at radius 2 is 1.82 bits per heavy atom. The van der Waals surface area contributed by atoms with Crippen LogP contribution in [0.15, 0.2) is 42.5 Å². The highest BCUT2D eigenvalue weighted by Crippen LogP contribution is 2.37. The van der Waals surface area contributed by atoms with Crippen molar-refractivity contribution in [3.8, 4) is 5.75 Å². The number of aromatic hydroxyl groups is 1. The van der Waals surface area contributed by atoms with E-state index >= 15 is 0 Å². The van der Waals surface area contributed by atoms with Crippen molar-refractivity contribution in [3.63, 3.8) is 0 Å². The van der Waals surface area contributed by atoms with Crippen LogP contribution in [0.4, 0.5) is 11.4 Å². The molecule has 3 heteroatoms. The first kappa shape index (κ1) is 14.9. The monoisotopic (exact) mass is 296 g/mol. The van der Waals surface area contributed by atoms with Gasteiger partial charge in [0.1, 0.15) is 5.75 Å². The molecule has 3 nitrogen and oxygen atoms in total. The molecule has 1 heterocycles. The number of phenols is 1. The van der Waals surface area contributed by atoms with E-state index in [2.05, 4.69) is 47.5 Å². The molecule has 1 atom stereocenters. The highest BCUT2D eigenvalue weighted by molar-refractivity contribution is 5.71. The number of hydrogen-bond acceptors (Lipinski definition) is 3. The molecule has 2 aromatic rings. The van der Waals surface area contributed by atoms with E-state index in [1.54, 1.807) is 6.07 Å². The summed E-state index contributed by atoms with van der Waals surface area (Å²) in [6.07, 6.45) is 1.99. The predicted octanol–water partition coefficient (Wildman–Crippen LogP) is 3.48. The van der Waals surface area contributed by atoms with Crippen LogP contribution in [0.3, 0.4) is 0 Å².